The molecule has 1 aliphatic rings. The third-order valence-electron chi connectivity index (χ3n) is 5.74. The second-order valence-corrected chi connectivity index (χ2v) is 8.29. The van der Waals surface area contributed by atoms with Crippen LogP contribution < -0.4 is 18.9 Å². The molecule has 5 N–H and O–H groups in total. The number of hydrogen-bond acceptors (Lipinski definition) is 10. The maximum absolute atomic E-state index is 10.1. The standard InChI is InChI=1S/C25H34O10/c1-31-21-11-15(4-3-9-26)5-7-19(21)34-17(13-27)10-16-6-8-20(22(12-16)32-2)35-25-24(30)23(29)18(28)14-33-25/h5-8,11-12,17-18,23-30H,3-4,9-10,13-14H2,1-2H3. The van der Waals surface area contributed by atoms with Crippen LogP contribution in [0.1, 0.15) is 17.5 Å². The van der Waals surface area contributed by atoms with Gasteiger partial charge in [0.25, 0.3) is 0 Å². The Bertz CT molecular complexity index is 936. The fourth-order valence-corrected chi connectivity index (χ4v) is 3.78. The van der Waals surface area contributed by atoms with E-state index in [0.29, 0.717) is 36.5 Å². The molecular formula is C25H34O10. The molecule has 1 heterocycles. The predicted octanol–water partition coefficient (Wildman–Crippen LogP) is 0.429. The quantitative estimate of drug-likeness (QED) is 0.281. The highest BCUT2D eigenvalue weighted by Crippen LogP contribution is 2.33. The molecular weight excluding hydrogens is 460 g/mol. The zero-order chi connectivity index (χ0) is 25.4. The Morgan fingerprint density at radius 1 is 0.886 bits per heavy atom. The Labute approximate surface area is 204 Å². The zero-order valence-corrected chi connectivity index (χ0v) is 19.9. The van der Waals surface area contributed by atoms with Gasteiger partial charge in [-0.1, -0.05) is 12.1 Å². The van der Waals surface area contributed by atoms with Crippen LogP contribution in [0.25, 0.3) is 0 Å². The Morgan fingerprint density at radius 3 is 2.23 bits per heavy atom. The molecule has 0 saturated carbocycles. The Balaban J connectivity index is 1.68. The molecule has 1 saturated heterocycles. The largest absolute Gasteiger partial charge is 0.493 e. The second-order valence-electron chi connectivity index (χ2n) is 8.29. The molecule has 0 aliphatic carbocycles. The van der Waals surface area contributed by atoms with Crippen molar-refractivity contribution in [1.82, 2.24) is 0 Å². The molecule has 0 bridgehead atoms. The van der Waals surface area contributed by atoms with E-state index in [2.05, 4.69) is 0 Å². The summed E-state index contributed by atoms with van der Waals surface area (Å²) in [7, 11) is 3.01. The van der Waals surface area contributed by atoms with Crippen molar-refractivity contribution in [2.75, 3.05) is 34.0 Å². The number of ether oxygens (including phenoxy) is 5. The highest BCUT2D eigenvalue weighted by atomic mass is 16.7. The van der Waals surface area contributed by atoms with Gasteiger partial charge in [-0.05, 0) is 48.2 Å². The first-order valence-corrected chi connectivity index (χ1v) is 11.4. The van der Waals surface area contributed by atoms with Crippen molar-refractivity contribution in [1.29, 1.82) is 0 Å². The highest BCUT2D eigenvalue weighted by molar-refractivity contribution is 5.44. The van der Waals surface area contributed by atoms with E-state index in [1.165, 1.54) is 7.11 Å². The van der Waals surface area contributed by atoms with Crippen LogP contribution in [0.4, 0.5) is 0 Å². The summed E-state index contributed by atoms with van der Waals surface area (Å²) in [6.07, 6.45) is -4.03. The molecule has 2 aromatic carbocycles. The molecule has 0 spiro atoms. The minimum Gasteiger partial charge on any atom is -0.493 e. The number of rotatable bonds is 12. The van der Waals surface area contributed by atoms with Crippen molar-refractivity contribution in [2.24, 2.45) is 0 Å². The third-order valence-corrected chi connectivity index (χ3v) is 5.74. The van der Waals surface area contributed by atoms with Crippen LogP contribution in [-0.2, 0) is 17.6 Å². The van der Waals surface area contributed by atoms with E-state index in [0.717, 1.165) is 11.1 Å². The zero-order valence-electron chi connectivity index (χ0n) is 19.9. The fraction of sp³-hybridized carbons (Fsp3) is 0.520. The second kappa shape index (κ2) is 12.9. The monoisotopic (exact) mass is 494 g/mol. The summed E-state index contributed by atoms with van der Waals surface area (Å²) in [6.45, 7) is -0.303. The summed E-state index contributed by atoms with van der Waals surface area (Å²) in [5.41, 5.74) is 1.81. The maximum Gasteiger partial charge on any atom is 0.229 e. The molecule has 3 rings (SSSR count). The summed E-state index contributed by atoms with van der Waals surface area (Å²) >= 11 is 0. The smallest absolute Gasteiger partial charge is 0.229 e. The van der Waals surface area contributed by atoms with Crippen LogP contribution in [0, 0.1) is 0 Å². The van der Waals surface area contributed by atoms with E-state index < -0.39 is 30.7 Å². The van der Waals surface area contributed by atoms with Crippen LogP contribution in [-0.4, -0.2) is 90.3 Å². The van der Waals surface area contributed by atoms with E-state index in [1.807, 2.05) is 12.1 Å². The van der Waals surface area contributed by atoms with Crippen molar-refractivity contribution in [3.8, 4) is 23.0 Å². The average molecular weight is 495 g/mol. The van der Waals surface area contributed by atoms with Crippen LogP contribution in [0.5, 0.6) is 23.0 Å². The van der Waals surface area contributed by atoms with E-state index in [1.54, 1.807) is 31.4 Å². The summed E-state index contributed by atoms with van der Waals surface area (Å²) in [6, 6.07) is 10.6. The lowest BCUT2D eigenvalue weighted by atomic mass is 10.1. The molecule has 194 valence electrons. The van der Waals surface area contributed by atoms with Gasteiger partial charge in [0.05, 0.1) is 27.4 Å². The third kappa shape index (κ3) is 6.97. The SMILES string of the molecule is COc1cc(CCCO)ccc1OC(CO)Cc1ccc(OC2OCC(O)C(O)C2O)c(OC)c1. The molecule has 5 unspecified atom stereocenters. The maximum atomic E-state index is 10.1. The van der Waals surface area contributed by atoms with Crippen molar-refractivity contribution in [3.05, 3.63) is 47.5 Å². The van der Waals surface area contributed by atoms with Crippen molar-refractivity contribution in [2.45, 2.75) is 50.0 Å². The Hall–Kier alpha value is -2.60. The Morgan fingerprint density at radius 2 is 1.54 bits per heavy atom. The summed E-state index contributed by atoms with van der Waals surface area (Å²) in [5.74, 6) is 1.68. The van der Waals surface area contributed by atoms with Crippen molar-refractivity contribution >= 4 is 0 Å². The number of aliphatic hydroxyl groups is 5. The highest BCUT2D eigenvalue weighted by Gasteiger charge is 2.39. The van der Waals surface area contributed by atoms with Crippen LogP contribution >= 0.6 is 0 Å². The van der Waals surface area contributed by atoms with Crippen molar-refractivity contribution in [3.63, 3.8) is 0 Å². The van der Waals surface area contributed by atoms with E-state index in [-0.39, 0.29) is 25.6 Å². The minimum absolute atomic E-state index is 0.111. The molecule has 0 radical (unpaired) electrons. The molecule has 5 atom stereocenters. The molecule has 1 fully saturated rings. The molecule has 35 heavy (non-hydrogen) atoms. The van der Waals surface area contributed by atoms with Crippen LogP contribution in [0.2, 0.25) is 0 Å². The van der Waals surface area contributed by atoms with E-state index in [4.69, 9.17) is 28.8 Å². The van der Waals surface area contributed by atoms with Crippen molar-refractivity contribution < 1.29 is 49.2 Å². The molecule has 10 heteroatoms. The minimum atomic E-state index is -1.43. The molecule has 10 nitrogen and oxygen atoms in total. The summed E-state index contributed by atoms with van der Waals surface area (Å²) in [5, 5.41) is 48.5. The van der Waals surface area contributed by atoms with Gasteiger partial charge in [0.15, 0.2) is 23.0 Å². The number of methoxy groups -OCH3 is 2. The van der Waals surface area contributed by atoms with Gasteiger partial charge >= 0.3 is 0 Å². The van der Waals surface area contributed by atoms with Gasteiger partial charge in [-0.2, -0.15) is 0 Å². The number of aliphatic hydroxyl groups excluding tert-OH is 5. The lowest BCUT2D eigenvalue weighted by molar-refractivity contribution is -0.242. The topological polar surface area (TPSA) is 147 Å². The number of benzene rings is 2. The predicted molar refractivity (Wildman–Crippen MR) is 125 cm³/mol. The van der Waals surface area contributed by atoms with Gasteiger partial charge in [-0.15, -0.1) is 0 Å². The first kappa shape index (κ1) is 27.0. The van der Waals surface area contributed by atoms with Gasteiger partial charge in [0.1, 0.15) is 24.4 Å². The summed E-state index contributed by atoms with van der Waals surface area (Å²) < 4.78 is 27.8. The van der Waals surface area contributed by atoms with E-state index in [9.17, 15) is 20.4 Å². The average Bonchev–Trinajstić information content (AvgIpc) is 2.88. The van der Waals surface area contributed by atoms with Crippen LogP contribution in [0.15, 0.2) is 36.4 Å². The first-order valence-electron chi connectivity index (χ1n) is 11.4. The van der Waals surface area contributed by atoms with Gasteiger partial charge < -0.3 is 49.2 Å². The summed E-state index contributed by atoms with van der Waals surface area (Å²) in [4.78, 5) is 0. The fourth-order valence-electron chi connectivity index (χ4n) is 3.78. The van der Waals surface area contributed by atoms with Gasteiger partial charge in [-0.3, -0.25) is 0 Å². The van der Waals surface area contributed by atoms with Gasteiger partial charge in [-0.25, -0.2) is 0 Å². The van der Waals surface area contributed by atoms with Gasteiger partial charge in [0.2, 0.25) is 6.29 Å². The lowest BCUT2D eigenvalue weighted by Crippen LogP contribution is -2.54. The first-order chi connectivity index (χ1) is 16.9. The van der Waals surface area contributed by atoms with E-state index >= 15 is 0 Å². The molecule has 2 aromatic rings. The number of hydrogen-bond donors (Lipinski definition) is 5. The van der Waals surface area contributed by atoms with Crippen LogP contribution in [0.3, 0.4) is 0 Å². The molecule has 0 amide bonds. The molecule has 0 aromatic heterocycles. The Kier molecular flexibility index (Phi) is 9.96. The molecule has 1 aliphatic heterocycles. The number of aryl methyl sites for hydroxylation is 1. The normalized spacial score (nSPS) is 22.9. The lowest BCUT2D eigenvalue weighted by Gasteiger charge is -2.35. The van der Waals surface area contributed by atoms with Gasteiger partial charge in [0, 0.05) is 13.0 Å².